The smallest absolute Gasteiger partial charge is 0.243 e. The third kappa shape index (κ3) is 6.66. The summed E-state index contributed by atoms with van der Waals surface area (Å²) in [6.07, 6.45) is 2.13. The minimum absolute atomic E-state index is 0.0692. The van der Waals surface area contributed by atoms with Crippen molar-refractivity contribution in [2.24, 2.45) is 0 Å². The summed E-state index contributed by atoms with van der Waals surface area (Å²) in [5.41, 5.74) is -0.160. The zero-order valence-electron chi connectivity index (χ0n) is 9.59. The molecule has 0 rings (SSSR count). The van der Waals surface area contributed by atoms with Gasteiger partial charge in [-0.05, 0) is 33.3 Å². The van der Waals surface area contributed by atoms with E-state index >= 15 is 0 Å². The molecule has 1 atom stereocenters. The molecule has 0 fully saturated rings. The summed E-state index contributed by atoms with van der Waals surface area (Å²) in [5.74, 6) is -0.144. The van der Waals surface area contributed by atoms with Crippen molar-refractivity contribution in [2.75, 3.05) is 6.61 Å². The fraction of sp³-hybridized carbons (Fsp3) is 0.727. The number of nitrogens with one attached hydrogen (secondary N) is 1. The fourth-order valence-electron chi connectivity index (χ4n) is 0.872. The average molecular weight is 199 g/mol. The lowest BCUT2D eigenvalue weighted by Gasteiger charge is -2.24. The van der Waals surface area contributed by atoms with Crippen LogP contribution in [0.3, 0.4) is 0 Å². The maximum Gasteiger partial charge on any atom is 0.243 e. The summed E-state index contributed by atoms with van der Waals surface area (Å²) in [4.78, 5) is 11.0. The zero-order valence-corrected chi connectivity index (χ0v) is 9.59. The molecule has 0 aromatic rings. The number of carbonyl (C=O) groups excluding carboxylic acids is 1. The van der Waals surface area contributed by atoms with Crippen LogP contribution in [0.15, 0.2) is 12.7 Å². The number of hydrogen-bond donors (Lipinski definition) is 1. The maximum absolute atomic E-state index is 11.0. The van der Waals surface area contributed by atoms with Crippen molar-refractivity contribution in [3.8, 4) is 0 Å². The quantitative estimate of drug-likeness (QED) is 0.687. The second-order valence-corrected chi connectivity index (χ2v) is 4.24. The largest absolute Gasteiger partial charge is 0.374 e. The molecular formula is C11H21NO2. The molecule has 0 heterocycles. The molecule has 3 heteroatoms. The Balaban J connectivity index is 3.91. The highest BCUT2D eigenvalue weighted by Gasteiger charge is 2.14. The van der Waals surface area contributed by atoms with E-state index in [-0.39, 0.29) is 17.6 Å². The molecule has 0 aliphatic carbocycles. The number of ether oxygens (including phenoxy) is 1. The van der Waals surface area contributed by atoms with Crippen LogP contribution in [0.5, 0.6) is 0 Å². The molecule has 0 unspecified atom stereocenters. The van der Waals surface area contributed by atoms with Gasteiger partial charge in [0.25, 0.3) is 0 Å². The molecule has 82 valence electrons. The van der Waals surface area contributed by atoms with Gasteiger partial charge in [-0.2, -0.15) is 0 Å². The van der Waals surface area contributed by atoms with Crippen molar-refractivity contribution in [1.29, 1.82) is 0 Å². The van der Waals surface area contributed by atoms with Gasteiger partial charge in [-0.3, -0.25) is 4.79 Å². The maximum atomic E-state index is 11.0. The van der Waals surface area contributed by atoms with Crippen LogP contribution in [0, 0.1) is 0 Å². The van der Waals surface area contributed by atoms with Crippen LogP contribution in [0.25, 0.3) is 0 Å². The highest BCUT2D eigenvalue weighted by atomic mass is 16.5. The van der Waals surface area contributed by atoms with Crippen molar-refractivity contribution in [3.05, 3.63) is 12.7 Å². The van der Waals surface area contributed by atoms with Crippen LogP contribution in [-0.4, -0.2) is 24.2 Å². The Morgan fingerprint density at radius 2 is 2.14 bits per heavy atom. The summed E-state index contributed by atoms with van der Waals surface area (Å²) in [6.45, 7) is 11.9. The number of amides is 1. The zero-order chi connectivity index (χ0) is 11.2. The lowest BCUT2D eigenvalue weighted by Crippen LogP contribution is -2.39. The summed E-state index contributed by atoms with van der Waals surface area (Å²) < 4.78 is 5.58. The Bertz CT molecular complexity index is 194. The standard InChI is InChI=1S/C11H21NO2/c1-6-9(12-10(13)7-2)8-14-11(3,4)5/h7,9H,2,6,8H2,1,3-5H3,(H,12,13)/t9-/m0/s1. The van der Waals surface area contributed by atoms with E-state index in [9.17, 15) is 4.79 Å². The lowest BCUT2D eigenvalue weighted by atomic mass is 10.2. The molecule has 0 radical (unpaired) electrons. The van der Waals surface area contributed by atoms with Crippen LogP contribution >= 0.6 is 0 Å². The molecule has 0 aromatic carbocycles. The number of rotatable bonds is 5. The highest BCUT2D eigenvalue weighted by Crippen LogP contribution is 2.07. The van der Waals surface area contributed by atoms with Gasteiger partial charge < -0.3 is 10.1 Å². The Kier molecular flexibility index (Phi) is 5.46. The first kappa shape index (κ1) is 13.2. The molecule has 0 spiro atoms. The lowest BCUT2D eigenvalue weighted by molar-refractivity contribution is -0.118. The molecule has 1 N–H and O–H groups in total. The van der Waals surface area contributed by atoms with Gasteiger partial charge in [-0.15, -0.1) is 0 Å². The van der Waals surface area contributed by atoms with E-state index in [1.54, 1.807) is 0 Å². The van der Waals surface area contributed by atoms with Gasteiger partial charge in [-0.1, -0.05) is 13.5 Å². The Hall–Kier alpha value is -0.830. The SMILES string of the molecule is C=CC(=O)N[C@@H](CC)COC(C)(C)C. The Morgan fingerprint density at radius 3 is 2.50 bits per heavy atom. The van der Waals surface area contributed by atoms with E-state index < -0.39 is 0 Å². The van der Waals surface area contributed by atoms with E-state index in [4.69, 9.17) is 4.74 Å². The summed E-state index contributed by atoms with van der Waals surface area (Å²) in [5, 5.41) is 2.81. The van der Waals surface area contributed by atoms with E-state index in [2.05, 4.69) is 11.9 Å². The molecule has 3 nitrogen and oxygen atoms in total. The highest BCUT2D eigenvalue weighted by molar-refractivity contribution is 5.87. The monoisotopic (exact) mass is 199 g/mol. The molecule has 0 saturated heterocycles. The van der Waals surface area contributed by atoms with Gasteiger partial charge in [0.1, 0.15) is 0 Å². The van der Waals surface area contributed by atoms with Gasteiger partial charge in [0, 0.05) is 0 Å². The van der Waals surface area contributed by atoms with E-state index in [1.165, 1.54) is 6.08 Å². The molecule has 0 bridgehead atoms. The topological polar surface area (TPSA) is 38.3 Å². The first-order valence-corrected chi connectivity index (χ1v) is 4.96. The Labute approximate surface area is 86.5 Å². The van der Waals surface area contributed by atoms with Gasteiger partial charge in [0.15, 0.2) is 0 Å². The third-order valence-electron chi connectivity index (χ3n) is 1.74. The van der Waals surface area contributed by atoms with Crippen molar-refractivity contribution in [1.82, 2.24) is 5.32 Å². The predicted octanol–water partition coefficient (Wildman–Crippen LogP) is 1.88. The molecule has 14 heavy (non-hydrogen) atoms. The van der Waals surface area contributed by atoms with Crippen LogP contribution in [0.4, 0.5) is 0 Å². The van der Waals surface area contributed by atoms with Crippen molar-refractivity contribution < 1.29 is 9.53 Å². The first-order chi connectivity index (χ1) is 6.39. The molecule has 0 aromatic heterocycles. The second-order valence-electron chi connectivity index (χ2n) is 4.24. The van der Waals surface area contributed by atoms with E-state index in [1.807, 2.05) is 27.7 Å². The van der Waals surface area contributed by atoms with E-state index in [0.29, 0.717) is 6.61 Å². The van der Waals surface area contributed by atoms with Gasteiger partial charge >= 0.3 is 0 Å². The van der Waals surface area contributed by atoms with Crippen LogP contribution in [0.1, 0.15) is 34.1 Å². The molecule has 0 aliphatic rings. The fourth-order valence-corrected chi connectivity index (χ4v) is 0.872. The minimum Gasteiger partial charge on any atom is -0.374 e. The average Bonchev–Trinajstić information content (AvgIpc) is 2.10. The Morgan fingerprint density at radius 1 is 1.57 bits per heavy atom. The van der Waals surface area contributed by atoms with Crippen LogP contribution < -0.4 is 5.32 Å². The van der Waals surface area contributed by atoms with Crippen LogP contribution in [0.2, 0.25) is 0 Å². The molecule has 0 saturated carbocycles. The first-order valence-electron chi connectivity index (χ1n) is 4.96. The van der Waals surface area contributed by atoms with Crippen molar-refractivity contribution in [3.63, 3.8) is 0 Å². The predicted molar refractivity (Wildman–Crippen MR) is 58.1 cm³/mol. The number of carbonyl (C=O) groups is 1. The third-order valence-corrected chi connectivity index (χ3v) is 1.74. The van der Waals surface area contributed by atoms with E-state index in [0.717, 1.165) is 6.42 Å². The molecular weight excluding hydrogens is 178 g/mol. The molecule has 0 aliphatic heterocycles. The van der Waals surface area contributed by atoms with Crippen molar-refractivity contribution in [2.45, 2.75) is 45.8 Å². The second kappa shape index (κ2) is 5.81. The van der Waals surface area contributed by atoms with Gasteiger partial charge in [0.2, 0.25) is 5.91 Å². The van der Waals surface area contributed by atoms with Gasteiger partial charge in [0.05, 0.1) is 18.2 Å². The normalized spacial score (nSPS) is 13.4. The van der Waals surface area contributed by atoms with Crippen molar-refractivity contribution >= 4 is 5.91 Å². The number of hydrogen-bond acceptors (Lipinski definition) is 2. The minimum atomic E-state index is -0.160. The van der Waals surface area contributed by atoms with Crippen LogP contribution in [-0.2, 0) is 9.53 Å². The summed E-state index contributed by atoms with van der Waals surface area (Å²) in [6, 6.07) is 0.0692. The molecule has 1 amide bonds. The summed E-state index contributed by atoms with van der Waals surface area (Å²) >= 11 is 0. The summed E-state index contributed by atoms with van der Waals surface area (Å²) in [7, 11) is 0. The van der Waals surface area contributed by atoms with Gasteiger partial charge in [-0.25, -0.2) is 0 Å².